The molecule has 0 radical (unpaired) electrons. The van der Waals surface area contributed by atoms with Crippen LogP contribution in [0.2, 0.25) is 0 Å². The monoisotopic (exact) mass is 342 g/mol. The van der Waals surface area contributed by atoms with Gasteiger partial charge in [-0.2, -0.15) is 0 Å². The van der Waals surface area contributed by atoms with Crippen LogP contribution in [0.15, 0.2) is 42.5 Å². The van der Waals surface area contributed by atoms with Gasteiger partial charge < -0.3 is 9.47 Å². The molecule has 0 spiro atoms. The summed E-state index contributed by atoms with van der Waals surface area (Å²) in [6.45, 7) is 7.45. The lowest BCUT2D eigenvalue weighted by Crippen LogP contribution is -2.45. The Labute approximate surface area is 149 Å². The second-order valence-electron chi connectivity index (χ2n) is 6.39. The Morgan fingerprint density at radius 3 is 2.12 bits per heavy atom. The fourth-order valence-corrected chi connectivity index (χ4v) is 3.05. The molecule has 2 rings (SSSR count). The standard InChI is InChI=1S/C21H26O4/c1-5-24-19(22)21(4,20(23)25-6-2)15(3)14-17-12-9-11-16-10-7-8-13-18(16)17/h7-13,15H,5-6,14H2,1-4H3. The molecule has 0 aliphatic rings. The lowest BCUT2D eigenvalue weighted by atomic mass is 9.74. The molecule has 134 valence electrons. The first-order chi connectivity index (χ1) is 11.9. The Bertz CT molecular complexity index is 727. The van der Waals surface area contributed by atoms with Gasteiger partial charge in [-0.05, 0) is 49.4 Å². The van der Waals surface area contributed by atoms with Crippen LogP contribution in [-0.4, -0.2) is 25.2 Å². The molecule has 0 bridgehead atoms. The van der Waals surface area contributed by atoms with Gasteiger partial charge in [-0.1, -0.05) is 49.4 Å². The van der Waals surface area contributed by atoms with Crippen LogP contribution in [0.1, 0.15) is 33.3 Å². The van der Waals surface area contributed by atoms with Crippen molar-refractivity contribution in [1.82, 2.24) is 0 Å². The molecule has 4 heteroatoms. The maximum atomic E-state index is 12.6. The van der Waals surface area contributed by atoms with E-state index in [1.54, 1.807) is 20.8 Å². The molecular formula is C21H26O4. The van der Waals surface area contributed by atoms with Crippen LogP contribution < -0.4 is 0 Å². The number of benzene rings is 2. The third-order valence-corrected chi connectivity index (χ3v) is 4.79. The van der Waals surface area contributed by atoms with Crippen molar-refractivity contribution >= 4 is 22.7 Å². The van der Waals surface area contributed by atoms with E-state index >= 15 is 0 Å². The van der Waals surface area contributed by atoms with Crippen molar-refractivity contribution in [3.63, 3.8) is 0 Å². The molecule has 0 saturated carbocycles. The van der Waals surface area contributed by atoms with E-state index in [2.05, 4.69) is 18.2 Å². The summed E-state index contributed by atoms with van der Waals surface area (Å²) in [5.74, 6) is -1.32. The molecule has 25 heavy (non-hydrogen) atoms. The number of fused-ring (bicyclic) bond motifs is 1. The second-order valence-corrected chi connectivity index (χ2v) is 6.39. The fourth-order valence-electron chi connectivity index (χ4n) is 3.05. The van der Waals surface area contributed by atoms with Crippen LogP contribution in [-0.2, 0) is 25.5 Å². The van der Waals surface area contributed by atoms with Crippen LogP contribution in [0.25, 0.3) is 10.8 Å². The number of carbonyl (C=O) groups is 2. The second kappa shape index (κ2) is 8.15. The quantitative estimate of drug-likeness (QED) is 0.560. The minimum Gasteiger partial charge on any atom is -0.465 e. The van der Waals surface area contributed by atoms with Crippen LogP contribution in [0.4, 0.5) is 0 Å². The van der Waals surface area contributed by atoms with Gasteiger partial charge in [0.15, 0.2) is 5.41 Å². The van der Waals surface area contributed by atoms with Gasteiger partial charge in [0.2, 0.25) is 0 Å². The summed E-state index contributed by atoms with van der Waals surface area (Å²) in [6, 6.07) is 14.2. The first-order valence-electron chi connectivity index (χ1n) is 8.76. The van der Waals surface area contributed by atoms with Crippen LogP contribution in [0.5, 0.6) is 0 Å². The highest BCUT2D eigenvalue weighted by Gasteiger charge is 2.48. The van der Waals surface area contributed by atoms with Crippen LogP contribution in [0, 0.1) is 11.3 Å². The van der Waals surface area contributed by atoms with Gasteiger partial charge in [0.05, 0.1) is 13.2 Å². The van der Waals surface area contributed by atoms with E-state index in [9.17, 15) is 9.59 Å². The zero-order valence-corrected chi connectivity index (χ0v) is 15.4. The lowest BCUT2D eigenvalue weighted by Gasteiger charge is -2.31. The minimum absolute atomic E-state index is 0.231. The largest absolute Gasteiger partial charge is 0.465 e. The average Bonchev–Trinajstić information content (AvgIpc) is 2.61. The SMILES string of the molecule is CCOC(=O)C(C)(C(=O)OCC)C(C)Cc1cccc2ccccc12. The lowest BCUT2D eigenvalue weighted by molar-refractivity contribution is -0.174. The molecule has 0 aliphatic carbocycles. The van der Waals surface area contributed by atoms with E-state index in [-0.39, 0.29) is 19.1 Å². The number of carbonyl (C=O) groups excluding carboxylic acids is 2. The van der Waals surface area contributed by atoms with Crippen molar-refractivity contribution in [3.8, 4) is 0 Å². The Hall–Kier alpha value is -2.36. The van der Waals surface area contributed by atoms with Gasteiger partial charge >= 0.3 is 11.9 Å². The maximum Gasteiger partial charge on any atom is 0.323 e. The Morgan fingerprint density at radius 1 is 0.960 bits per heavy atom. The van der Waals surface area contributed by atoms with Gasteiger partial charge in [0.1, 0.15) is 0 Å². The van der Waals surface area contributed by atoms with E-state index < -0.39 is 17.4 Å². The Morgan fingerprint density at radius 2 is 1.52 bits per heavy atom. The number of ether oxygens (including phenoxy) is 2. The van der Waals surface area contributed by atoms with Crippen molar-refractivity contribution in [2.75, 3.05) is 13.2 Å². The number of rotatable bonds is 7. The third kappa shape index (κ3) is 3.84. The van der Waals surface area contributed by atoms with E-state index in [4.69, 9.17) is 9.47 Å². The minimum atomic E-state index is -1.33. The highest BCUT2D eigenvalue weighted by Crippen LogP contribution is 2.35. The average molecular weight is 342 g/mol. The molecule has 4 nitrogen and oxygen atoms in total. The molecule has 0 aromatic heterocycles. The summed E-state index contributed by atoms with van der Waals surface area (Å²) < 4.78 is 10.4. The fraction of sp³-hybridized carbons (Fsp3) is 0.429. The van der Waals surface area contributed by atoms with Gasteiger partial charge in [-0.3, -0.25) is 9.59 Å². The van der Waals surface area contributed by atoms with Gasteiger partial charge in [0, 0.05) is 0 Å². The molecule has 2 aromatic rings. The van der Waals surface area contributed by atoms with Crippen molar-refractivity contribution in [3.05, 3.63) is 48.0 Å². The van der Waals surface area contributed by atoms with Crippen molar-refractivity contribution in [1.29, 1.82) is 0 Å². The predicted molar refractivity (Wildman–Crippen MR) is 98.2 cm³/mol. The summed E-state index contributed by atoms with van der Waals surface area (Å²) in [6.07, 6.45) is 0.579. The molecule has 1 atom stereocenters. The van der Waals surface area contributed by atoms with E-state index in [1.807, 2.05) is 31.2 Å². The molecule has 2 aromatic carbocycles. The summed E-state index contributed by atoms with van der Waals surface area (Å²) in [4.78, 5) is 25.1. The number of hydrogen-bond donors (Lipinski definition) is 0. The first kappa shape index (κ1) is 19.0. The van der Waals surface area contributed by atoms with Gasteiger partial charge in [-0.15, -0.1) is 0 Å². The molecule has 0 saturated heterocycles. The summed E-state index contributed by atoms with van der Waals surface area (Å²) in [5.41, 5.74) is -0.228. The van der Waals surface area contributed by atoms with Crippen molar-refractivity contribution in [2.24, 2.45) is 11.3 Å². The number of hydrogen-bond acceptors (Lipinski definition) is 4. The Kier molecular flexibility index (Phi) is 6.18. The van der Waals surface area contributed by atoms with Crippen LogP contribution in [0.3, 0.4) is 0 Å². The molecule has 0 aliphatic heterocycles. The summed E-state index contributed by atoms with van der Waals surface area (Å²) in [5, 5.41) is 2.27. The summed E-state index contributed by atoms with van der Waals surface area (Å²) >= 11 is 0. The van der Waals surface area contributed by atoms with Gasteiger partial charge in [0.25, 0.3) is 0 Å². The van der Waals surface area contributed by atoms with Gasteiger partial charge in [-0.25, -0.2) is 0 Å². The number of esters is 2. The third-order valence-electron chi connectivity index (χ3n) is 4.79. The maximum absolute atomic E-state index is 12.6. The smallest absolute Gasteiger partial charge is 0.323 e. The Balaban J connectivity index is 2.37. The summed E-state index contributed by atoms with van der Waals surface area (Å²) in [7, 11) is 0. The molecule has 0 heterocycles. The first-order valence-corrected chi connectivity index (χ1v) is 8.76. The molecule has 0 N–H and O–H groups in total. The zero-order chi connectivity index (χ0) is 18.4. The van der Waals surface area contributed by atoms with Crippen molar-refractivity contribution in [2.45, 2.75) is 34.1 Å². The highest BCUT2D eigenvalue weighted by atomic mass is 16.6. The normalized spacial score (nSPS) is 12.6. The van der Waals surface area contributed by atoms with Crippen LogP contribution >= 0.6 is 0 Å². The molecule has 0 fully saturated rings. The van der Waals surface area contributed by atoms with E-state index in [0.717, 1.165) is 16.3 Å². The topological polar surface area (TPSA) is 52.6 Å². The molecule has 1 unspecified atom stereocenters. The van der Waals surface area contributed by atoms with E-state index in [0.29, 0.717) is 6.42 Å². The molecular weight excluding hydrogens is 316 g/mol. The van der Waals surface area contributed by atoms with E-state index in [1.165, 1.54) is 0 Å². The zero-order valence-electron chi connectivity index (χ0n) is 15.4. The predicted octanol–water partition coefficient (Wildman–Crippen LogP) is 4.15. The molecule has 0 amide bonds. The van der Waals surface area contributed by atoms with Crippen molar-refractivity contribution < 1.29 is 19.1 Å². The highest BCUT2D eigenvalue weighted by molar-refractivity contribution is 6.00.